The molecule has 0 saturated carbocycles. The summed E-state index contributed by atoms with van der Waals surface area (Å²) in [5.74, 6) is -0.211. The Bertz CT molecular complexity index is 1050. The number of anilines is 1. The number of aromatic nitrogens is 2. The largest absolute Gasteiger partial charge is 0.470 e. The lowest BCUT2D eigenvalue weighted by atomic mass is 10.0. The summed E-state index contributed by atoms with van der Waals surface area (Å²) in [6.45, 7) is 5.50. The average Bonchev–Trinajstić information content (AvgIpc) is 3.17. The number of carbonyl (C=O) groups excluding carboxylic acids is 2. The molecule has 0 radical (unpaired) electrons. The van der Waals surface area contributed by atoms with Crippen LogP contribution in [0.5, 0.6) is 5.88 Å². The van der Waals surface area contributed by atoms with Gasteiger partial charge in [0.2, 0.25) is 17.5 Å². The molecule has 0 spiro atoms. The molecule has 1 aromatic carbocycles. The van der Waals surface area contributed by atoms with Crippen molar-refractivity contribution in [3.63, 3.8) is 0 Å². The van der Waals surface area contributed by atoms with E-state index in [9.17, 15) is 14.9 Å². The van der Waals surface area contributed by atoms with Gasteiger partial charge < -0.3 is 14.5 Å². The second-order valence-corrected chi connectivity index (χ2v) is 8.16. The van der Waals surface area contributed by atoms with E-state index < -0.39 is 0 Å². The molecule has 31 heavy (non-hydrogen) atoms. The molecule has 2 unspecified atom stereocenters. The number of piperidine rings is 1. The number of amides is 2. The molecule has 2 aliphatic rings. The molecule has 0 aliphatic carbocycles. The van der Waals surface area contributed by atoms with Gasteiger partial charge in [0.25, 0.3) is 5.88 Å². The first-order valence-electron chi connectivity index (χ1n) is 10.5. The summed E-state index contributed by atoms with van der Waals surface area (Å²) in [5, 5.41) is 9.17. The van der Waals surface area contributed by atoms with Crippen molar-refractivity contribution in [3.05, 3.63) is 47.4 Å². The Labute approximate surface area is 181 Å². The summed E-state index contributed by atoms with van der Waals surface area (Å²) in [5.41, 5.74) is 3.27. The number of aryl methyl sites for hydroxylation is 2. The maximum Gasteiger partial charge on any atom is 0.251 e. The molecule has 8 nitrogen and oxygen atoms in total. The van der Waals surface area contributed by atoms with Crippen LogP contribution in [0.2, 0.25) is 0 Å². The smallest absolute Gasteiger partial charge is 0.251 e. The molecular weight excluding hydrogens is 394 g/mol. The minimum Gasteiger partial charge on any atom is -0.470 e. The fourth-order valence-electron chi connectivity index (χ4n) is 4.15. The summed E-state index contributed by atoms with van der Waals surface area (Å²) in [4.78, 5) is 37.4. The van der Waals surface area contributed by atoms with Crippen LogP contribution in [-0.4, -0.2) is 52.4 Å². The Morgan fingerprint density at radius 3 is 2.77 bits per heavy atom. The third-order valence-electron chi connectivity index (χ3n) is 6.02. The summed E-state index contributed by atoms with van der Waals surface area (Å²) >= 11 is 0. The first-order valence-corrected chi connectivity index (χ1v) is 10.5. The normalized spacial score (nSPS) is 21.1. The van der Waals surface area contributed by atoms with Gasteiger partial charge >= 0.3 is 0 Å². The van der Waals surface area contributed by atoms with Gasteiger partial charge in [0.15, 0.2) is 0 Å². The van der Waals surface area contributed by atoms with Crippen LogP contribution in [0.15, 0.2) is 30.6 Å². The molecule has 2 atom stereocenters. The quantitative estimate of drug-likeness (QED) is 0.754. The van der Waals surface area contributed by atoms with Crippen molar-refractivity contribution in [2.45, 2.75) is 39.2 Å². The molecule has 4 rings (SSSR count). The van der Waals surface area contributed by atoms with Crippen LogP contribution < -0.4 is 9.64 Å². The minimum atomic E-state index is -0.362. The number of nitriles is 1. The van der Waals surface area contributed by atoms with Gasteiger partial charge in [-0.1, -0.05) is 6.07 Å². The molecule has 1 aromatic heterocycles. The van der Waals surface area contributed by atoms with E-state index in [2.05, 4.69) is 9.97 Å². The summed E-state index contributed by atoms with van der Waals surface area (Å²) in [6, 6.07) is 7.91. The number of nitrogens with zero attached hydrogens (tertiary/aromatic N) is 5. The van der Waals surface area contributed by atoms with E-state index in [0.29, 0.717) is 19.6 Å². The number of hydrogen-bond donors (Lipinski definition) is 0. The molecular formula is C23H25N5O3. The van der Waals surface area contributed by atoms with Crippen LogP contribution in [0.3, 0.4) is 0 Å². The molecule has 160 valence electrons. The van der Waals surface area contributed by atoms with Crippen LogP contribution in [0.1, 0.15) is 36.1 Å². The lowest BCUT2D eigenvalue weighted by molar-refractivity contribution is -0.138. The molecule has 2 aliphatic heterocycles. The van der Waals surface area contributed by atoms with E-state index in [0.717, 1.165) is 24.1 Å². The van der Waals surface area contributed by atoms with Gasteiger partial charge in [-0.3, -0.25) is 9.59 Å². The number of carbonyl (C=O) groups is 2. The number of rotatable bonds is 4. The van der Waals surface area contributed by atoms with Crippen LogP contribution in [0.4, 0.5) is 5.69 Å². The zero-order valence-electron chi connectivity index (χ0n) is 17.7. The highest BCUT2D eigenvalue weighted by Crippen LogP contribution is 2.29. The molecule has 0 bridgehead atoms. The second kappa shape index (κ2) is 8.72. The standard InChI is InChI=1S/C23H25N5O3/c1-15-5-6-18(10-16(15)2)28-13-17(11-21(28)29)23(30)27-9-3-4-19(14-27)31-22-20(12-24)25-7-8-26-22/h5-8,10,17,19H,3-4,9,11,13-14H2,1-2H3. The highest BCUT2D eigenvalue weighted by molar-refractivity contribution is 6.00. The number of likely N-dealkylation sites (tertiary alicyclic amines) is 1. The number of benzene rings is 1. The topological polar surface area (TPSA) is 99.4 Å². The zero-order valence-corrected chi connectivity index (χ0v) is 17.7. The van der Waals surface area contributed by atoms with E-state index in [4.69, 9.17) is 4.74 Å². The average molecular weight is 419 g/mol. The van der Waals surface area contributed by atoms with Gasteiger partial charge in [0.05, 0.1) is 12.5 Å². The van der Waals surface area contributed by atoms with E-state index >= 15 is 0 Å². The molecule has 2 amide bonds. The van der Waals surface area contributed by atoms with Crippen LogP contribution in [0, 0.1) is 31.1 Å². The Morgan fingerprint density at radius 2 is 2.00 bits per heavy atom. The predicted molar refractivity (Wildman–Crippen MR) is 113 cm³/mol. The van der Waals surface area contributed by atoms with Gasteiger partial charge in [-0.15, -0.1) is 0 Å². The Morgan fingerprint density at radius 1 is 1.19 bits per heavy atom. The van der Waals surface area contributed by atoms with Crippen LogP contribution >= 0.6 is 0 Å². The summed E-state index contributed by atoms with van der Waals surface area (Å²) in [7, 11) is 0. The number of hydrogen-bond acceptors (Lipinski definition) is 6. The highest BCUT2D eigenvalue weighted by atomic mass is 16.5. The molecule has 0 N–H and O–H groups in total. The predicted octanol–water partition coefficient (Wildman–Crippen LogP) is 2.39. The Balaban J connectivity index is 1.41. The summed E-state index contributed by atoms with van der Waals surface area (Å²) in [6.07, 6.45) is 4.45. The van der Waals surface area contributed by atoms with Crippen molar-refractivity contribution in [2.75, 3.05) is 24.5 Å². The molecule has 2 fully saturated rings. The van der Waals surface area contributed by atoms with Crippen LogP contribution in [-0.2, 0) is 9.59 Å². The van der Waals surface area contributed by atoms with E-state index in [1.54, 1.807) is 9.80 Å². The maximum absolute atomic E-state index is 13.2. The van der Waals surface area contributed by atoms with Gasteiger partial charge in [-0.05, 0) is 49.9 Å². The highest BCUT2D eigenvalue weighted by Gasteiger charge is 2.38. The minimum absolute atomic E-state index is 0.0207. The van der Waals surface area contributed by atoms with Crippen molar-refractivity contribution in [2.24, 2.45) is 5.92 Å². The third kappa shape index (κ3) is 4.36. The lowest BCUT2D eigenvalue weighted by Crippen LogP contribution is -2.47. The van der Waals surface area contributed by atoms with Crippen molar-refractivity contribution in [3.8, 4) is 11.9 Å². The first-order chi connectivity index (χ1) is 15.0. The van der Waals surface area contributed by atoms with Gasteiger partial charge in [-0.25, -0.2) is 9.97 Å². The van der Waals surface area contributed by atoms with E-state index in [1.165, 1.54) is 18.0 Å². The third-order valence-corrected chi connectivity index (χ3v) is 6.02. The van der Waals surface area contributed by atoms with Crippen molar-refractivity contribution >= 4 is 17.5 Å². The SMILES string of the molecule is Cc1ccc(N2CC(C(=O)N3CCCC(Oc4nccnc4C#N)C3)CC2=O)cc1C. The van der Waals surface area contributed by atoms with Crippen LogP contribution in [0.25, 0.3) is 0 Å². The van der Waals surface area contributed by atoms with Gasteiger partial charge in [0, 0.05) is 37.6 Å². The molecule has 3 heterocycles. The van der Waals surface area contributed by atoms with Gasteiger partial charge in [-0.2, -0.15) is 5.26 Å². The Hall–Kier alpha value is -3.47. The maximum atomic E-state index is 13.2. The van der Waals surface area contributed by atoms with Crippen molar-refractivity contribution in [1.29, 1.82) is 5.26 Å². The van der Waals surface area contributed by atoms with Gasteiger partial charge in [0.1, 0.15) is 12.2 Å². The Kier molecular flexibility index (Phi) is 5.85. The number of ether oxygens (including phenoxy) is 1. The summed E-state index contributed by atoms with van der Waals surface area (Å²) < 4.78 is 5.89. The first kappa shape index (κ1) is 20.8. The molecule has 8 heteroatoms. The van der Waals surface area contributed by atoms with Crippen molar-refractivity contribution in [1.82, 2.24) is 14.9 Å². The van der Waals surface area contributed by atoms with E-state index in [-0.39, 0.29) is 41.8 Å². The van der Waals surface area contributed by atoms with E-state index in [1.807, 2.05) is 38.1 Å². The van der Waals surface area contributed by atoms with Crippen molar-refractivity contribution < 1.29 is 14.3 Å². The monoisotopic (exact) mass is 419 g/mol. The molecule has 2 aromatic rings. The fraction of sp³-hybridized carbons (Fsp3) is 0.435. The zero-order chi connectivity index (χ0) is 22.0. The second-order valence-electron chi connectivity index (χ2n) is 8.16. The fourth-order valence-corrected chi connectivity index (χ4v) is 4.15. The lowest BCUT2D eigenvalue weighted by Gasteiger charge is -2.34. The molecule has 2 saturated heterocycles.